The molecule has 0 fully saturated rings. The largest absolute Gasteiger partial charge is 0.379 e. The quantitative estimate of drug-likeness (QED) is 0.650. The van der Waals surface area contributed by atoms with Gasteiger partial charge in [0.05, 0.1) is 5.60 Å². The Balaban J connectivity index is 2.97. The summed E-state index contributed by atoms with van der Waals surface area (Å²) in [6, 6.07) is 8.47. The third-order valence-electron chi connectivity index (χ3n) is 3.90. The Labute approximate surface area is 127 Å². The average molecular weight is 303 g/mol. The van der Waals surface area contributed by atoms with Crippen molar-refractivity contribution in [1.82, 2.24) is 0 Å². The highest BCUT2D eigenvalue weighted by atomic mass is 35.5. The molecule has 0 saturated heterocycles. The van der Waals surface area contributed by atoms with E-state index in [1.165, 1.54) is 11.1 Å². The van der Waals surface area contributed by atoms with Gasteiger partial charge < -0.3 is 4.74 Å². The van der Waals surface area contributed by atoms with E-state index in [0.717, 1.165) is 12.8 Å². The second-order valence-corrected chi connectivity index (χ2v) is 6.42. The van der Waals surface area contributed by atoms with Crippen LogP contribution in [0, 0.1) is 6.92 Å². The maximum absolute atomic E-state index is 6.26. The van der Waals surface area contributed by atoms with Crippen LogP contribution in [0.1, 0.15) is 37.8 Å². The van der Waals surface area contributed by atoms with Gasteiger partial charge in [-0.1, -0.05) is 29.8 Å². The van der Waals surface area contributed by atoms with Crippen LogP contribution in [0.25, 0.3) is 0 Å². The summed E-state index contributed by atoms with van der Waals surface area (Å²) >= 11 is 12.5. The molecule has 19 heavy (non-hydrogen) atoms. The smallest absolute Gasteiger partial charge is 0.0623 e. The van der Waals surface area contributed by atoms with Crippen LogP contribution in [0.4, 0.5) is 0 Å². The van der Waals surface area contributed by atoms with E-state index in [9.17, 15) is 0 Å². The third-order valence-corrected chi connectivity index (χ3v) is 4.92. The summed E-state index contributed by atoms with van der Waals surface area (Å²) < 4.78 is 5.50. The van der Waals surface area contributed by atoms with Crippen LogP contribution in [-0.4, -0.2) is 24.5 Å². The highest BCUT2D eigenvalue weighted by molar-refractivity contribution is 6.22. The Morgan fingerprint density at radius 3 is 2.21 bits per heavy atom. The third kappa shape index (κ3) is 4.37. The molecule has 0 bridgehead atoms. The summed E-state index contributed by atoms with van der Waals surface area (Å²) in [6.07, 6.45) is 1.85. The predicted molar refractivity (Wildman–Crippen MR) is 84.6 cm³/mol. The zero-order valence-corrected chi connectivity index (χ0v) is 13.8. The number of aryl methyl sites for hydroxylation is 1. The minimum atomic E-state index is -0.176. The molecule has 0 heterocycles. The molecule has 1 aromatic carbocycles. The van der Waals surface area contributed by atoms with Crippen molar-refractivity contribution in [3.05, 3.63) is 35.4 Å². The molecular weight excluding hydrogens is 279 g/mol. The maximum Gasteiger partial charge on any atom is 0.0623 e. The van der Waals surface area contributed by atoms with E-state index < -0.39 is 0 Å². The molecule has 3 heteroatoms. The van der Waals surface area contributed by atoms with E-state index in [1.54, 1.807) is 7.11 Å². The fourth-order valence-corrected chi connectivity index (χ4v) is 2.95. The fourth-order valence-electron chi connectivity index (χ4n) is 2.09. The fraction of sp³-hybridized carbons (Fsp3) is 0.625. The van der Waals surface area contributed by atoms with Crippen molar-refractivity contribution in [2.75, 3.05) is 18.9 Å². The molecule has 0 aliphatic heterocycles. The second kappa shape index (κ2) is 6.97. The summed E-state index contributed by atoms with van der Waals surface area (Å²) in [7, 11) is 1.75. The molecule has 0 N–H and O–H groups in total. The Hall–Kier alpha value is -0.240. The van der Waals surface area contributed by atoms with Crippen LogP contribution in [-0.2, 0) is 10.2 Å². The number of hydrogen-bond acceptors (Lipinski definition) is 1. The Morgan fingerprint density at radius 2 is 1.74 bits per heavy atom. The van der Waals surface area contributed by atoms with Crippen LogP contribution in [0.15, 0.2) is 24.3 Å². The highest BCUT2D eigenvalue weighted by Crippen LogP contribution is 2.35. The Bertz CT molecular complexity index is 397. The van der Waals surface area contributed by atoms with Crippen LogP contribution in [0.5, 0.6) is 0 Å². The van der Waals surface area contributed by atoms with Gasteiger partial charge in [0.2, 0.25) is 0 Å². The second-order valence-electron chi connectivity index (χ2n) is 5.88. The van der Waals surface area contributed by atoms with Gasteiger partial charge in [0.25, 0.3) is 0 Å². The summed E-state index contributed by atoms with van der Waals surface area (Å²) in [5.41, 5.74) is 2.14. The molecule has 0 aliphatic carbocycles. The van der Waals surface area contributed by atoms with Crippen molar-refractivity contribution >= 4 is 23.2 Å². The molecule has 0 atom stereocenters. The first-order chi connectivity index (χ1) is 8.89. The monoisotopic (exact) mass is 302 g/mol. The number of ether oxygens (including phenoxy) is 1. The van der Waals surface area contributed by atoms with Crippen LogP contribution < -0.4 is 0 Å². The topological polar surface area (TPSA) is 9.23 Å². The number of hydrogen-bond donors (Lipinski definition) is 0. The molecular formula is C16H24Cl2O. The van der Waals surface area contributed by atoms with Gasteiger partial charge in [-0.25, -0.2) is 0 Å². The first kappa shape index (κ1) is 16.8. The van der Waals surface area contributed by atoms with E-state index in [1.807, 2.05) is 0 Å². The number of methoxy groups -OCH3 is 1. The van der Waals surface area contributed by atoms with E-state index >= 15 is 0 Å². The molecule has 0 amide bonds. The van der Waals surface area contributed by atoms with Gasteiger partial charge >= 0.3 is 0 Å². The van der Waals surface area contributed by atoms with Gasteiger partial charge in [-0.2, -0.15) is 0 Å². The lowest BCUT2D eigenvalue weighted by Crippen LogP contribution is -2.34. The normalized spacial score (nSPS) is 12.7. The van der Waals surface area contributed by atoms with Gasteiger partial charge in [-0.3, -0.25) is 0 Å². The van der Waals surface area contributed by atoms with Crippen LogP contribution >= 0.6 is 23.2 Å². The van der Waals surface area contributed by atoms with Crippen molar-refractivity contribution < 1.29 is 4.74 Å². The SMILES string of the molecule is COC(C)(C)CCC(CCl)(CCl)c1cccc(C)c1. The molecule has 0 saturated carbocycles. The lowest BCUT2D eigenvalue weighted by Gasteiger charge is -2.34. The van der Waals surface area contributed by atoms with Crippen molar-refractivity contribution in [2.45, 2.75) is 44.6 Å². The van der Waals surface area contributed by atoms with E-state index in [2.05, 4.69) is 45.0 Å². The Morgan fingerprint density at radius 1 is 1.11 bits per heavy atom. The number of halogens is 2. The molecule has 0 aromatic heterocycles. The standard InChI is InChI=1S/C16H24Cl2O/c1-13-6-5-7-14(10-13)16(11-17,12-18)9-8-15(2,3)19-4/h5-7,10H,8-9,11-12H2,1-4H3. The first-order valence-corrected chi connectivity index (χ1v) is 7.70. The summed E-state index contributed by atoms with van der Waals surface area (Å²) in [4.78, 5) is 0. The molecule has 0 aliphatic rings. The van der Waals surface area contributed by atoms with E-state index in [4.69, 9.17) is 27.9 Å². The van der Waals surface area contributed by atoms with Crippen LogP contribution in [0.3, 0.4) is 0 Å². The van der Waals surface area contributed by atoms with Gasteiger partial charge in [-0.15, -0.1) is 23.2 Å². The highest BCUT2D eigenvalue weighted by Gasteiger charge is 2.33. The molecule has 1 aromatic rings. The zero-order chi connectivity index (χ0) is 14.5. The molecule has 108 valence electrons. The first-order valence-electron chi connectivity index (χ1n) is 6.63. The van der Waals surface area contributed by atoms with Gasteiger partial charge in [0, 0.05) is 24.3 Å². The summed E-state index contributed by atoms with van der Waals surface area (Å²) in [5, 5.41) is 0. The number of rotatable bonds is 7. The minimum Gasteiger partial charge on any atom is -0.379 e. The lowest BCUT2D eigenvalue weighted by molar-refractivity contribution is 0.0100. The zero-order valence-electron chi connectivity index (χ0n) is 12.3. The average Bonchev–Trinajstić information content (AvgIpc) is 2.41. The van der Waals surface area contributed by atoms with E-state index in [-0.39, 0.29) is 11.0 Å². The van der Waals surface area contributed by atoms with Gasteiger partial charge in [0.15, 0.2) is 0 Å². The van der Waals surface area contributed by atoms with E-state index in [0.29, 0.717) is 11.8 Å². The van der Waals surface area contributed by atoms with Crippen molar-refractivity contribution in [1.29, 1.82) is 0 Å². The minimum absolute atomic E-state index is 0.146. The molecule has 1 nitrogen and oxygen atoms in total. The summed E-state index contributed by atoms with van der Waals surface area (Å²) in [5.74, 6) is 1.06. The predicted octanol–water partition coefficient (Wildman–Crippen LogP) is 4.92. The molecule has 0 spiro atoms. The lowest BCUT2D eigenvalue weighted by atomic mass is 9.77. The molecule has 0 radical (unpaired) electrons. The van der Waals surface area contributed by atoms with Crippen LogP contribution in [0.2, 0.25) is 0 Å². The number of benzene rings is 1. The van der Waals surface area contributed by atoms with Gasteiger partial charge in [-0.05, 0) is 39.2 Å². The maximum atomic E-state index is 6.26. The van der Waals surface area contributed by atoms with Crippen molar-refractivity contribution in [3.63, 3.8) is 0 Å². The van der Waals surface area contributed by atoms with Gasteiger partial charge in [0.1, 0.15) is 0 Å². The Kier molecular flexibility index (Phi) is 6.16. The van der Waals surface area contributed by atoms with Crippen molar-refractivity contribution in [2.24, 2.45) is 0 Å². The number of alkyl halides is 2. The van der Waals surface area contributed by atoms with Crippen molar-refractivity contribution in [3.8, 4) is 0 Å². The summed E-state index contributed by atoms with van der Waals surface area (Å²) in [6.45, 7) is 6.28. The molecule has 0 unspecified atom stereocenters. The molecule has 1 rings (SSSR count).